The number of carbonyl (C=O) groups is 1. The molecular formula is C16H15Cl2N3O. The fourth-order valence-corrected chi connectivity index (χ4v) is 2.22. The van der Waals surface area contributed by atoms with Gasteiger partial charge in [0.25, 0.3) is 5.91 Å². The molecule has 0 heterocycles. The van der Waals surface area contributed by atoms with Crippen LogP contribution in [-0.4, -0.2) is 18.7 Å². The van der Waals surface area contributed by atoms with Crippen molar-refractivity contribution >= 4 is 41.0 Å². The first kappa shape index (κ1) is 16.3. The minimum absolute atomic E-state index is 0.135. The van der Waals surface area contributed by atoms with Gasteiger partial charge in [0, 0.05) is 16.3 Å². The van der Waals surface area contributed by atoms with E-state index in [1.165, 1.54) is 6.21 Å². The van der Waals surface area contributed by atoms with Gasteiger partial charge in [0.05, 0.1) is 17.8 Å². The summed E-state index contributed by atoms with van der Waals surface area (Å²) in [5.74, 6) is -0.246. The molecule has 2 aromatic carbocycles. The van der Waals surface area contributed by atoms with E-state index in [9.17, 15) is 4.79 Å². The number of amides is 1. The van der Waals surface area contributed by atoms with Gasteiger partial charge in [-0.3, -0.25) is 4.79 Å². The summed E-state index contributed by atoms with van der Waals surface area (Å²) < 4.78 is 0. The maximum absolute atomic E-state index is 11.7. The Morgan fingerprint density at radius 2 is 2.00 bits per heavy atom. The SMILES string of the molecule is Cc1ccccc1NCC(=O)NN=Cc1ccc(Cl)cc1Cl. The van der Waals surface area contributed by atoms with Crippen molar-refractivity contribution in [2.75, 3.05) is 11.9 Å². The lowest BCUT2D eigenvalue weighted by molar-refractivity contribution is -0.119. The molecule has 0 aliphatic carbocycles. The van der Waals surface area contributed by atoms with Crippen molar-refractivity contribution in [2.45, 2.75) is 6.92 Å². The maximum Gasteiger partial charge on any atom is 0.259 e. The number of hydrazone groups is 1. The van der Waals surface area contributed by atoms with Crippen LogP contribution in [-0.2, 0) is 4.79 Å². The Morgan fingerprint density at radius 3 is 2.73 bits per heavy atom. The van der Waals surface area contributed by atoms with E-state index in [2.05, 4.69) is 15.8 Å². The predicted octanol–water partition coefficient (Wildman–Crippen LogP) is 3.86. The van der Waals surface area contributed by atoms with Crippen LogP contribution in [0.4, 0.5) is 5.69 Å². The molecule has 0 fully saturated rings. The molecule has 4 nitrogen and oxygen atoms in total. The number of rotatable bonds is 5. The van der Waals surface area contributed by atoms with E-state index in [-0.39, 0.29) is 12.5 Å². The molecule has 1 amide bonds. The van der Waals surface area contributed by atoms with Crippen LogP contribution in [0.1, 0.15) is 11.1 Å². The molecule has 2 aromatic rings. The lowest BCUT2D eigenvalue weighted by Gasteiger charge is -2.07. The summed E-state index contributed by atoms with van der Waals surface area (Å²) >= 11 is 11.8. The van der Waals surface area contributed by atoms with Crippen LogP contribution >= 0.6 is 23.2 Å². The summed E-state index contributed by atoms with van der Waals surface area (Å²) in [7, 11) is 0. The van der Waals surface area contributed by atoms with Crippen molar-refractivity contribution in [1.82, 2.24) is 5.43 Å². The number of para-hydroxylation sites is 1. The Morgan fingerprint density at radius 1 is 1.23 bits per heavy atom. The smallest absolute Gasteiger partial charge is 0.259 e. The average molecular weight is 336 g/mol. The number of hydrogen-bond acceptors (Lipinski definition) is 3. The highest BCUT2D eigenvalue weighted by Gasteiger charge is 2.02. The summed E-state index contributed by atoms with van der Waals surface area (Å²) in [6.07, 6.45) is 1.48. The Kier molecular flexibility index (Phi) is 5.81. The summed E-state index contributed by atoms with van der Waals surface area (Å²) in [6.45, 7) is 2.11. The molecule has 0 spiro atoms. The molecule has 0 atom stereocenters. The van der Waals surface area contributed by atoms with Crippen LogP contribution in [0.15, 0.2) is 47.6 Å². The topological polar surface area (TPSA) is 53.5 Å². The predicted molar refractivity (Wildman–Crippen MR) is 91.9 cm³/mol. The maximum atomic E-state index is 11.7. The van der Waals surface area contributed by atoms with Crippen LogP contribution in [0, 0.1) is 6.92 Å². The Bertz CT molecular complexity index is 702. The minimum Gasteiger partial charge on any atom is -0.376 e. The standard InChI is InChI=1S/C16H15Cl2N3O/c1-11-4-2-3-5-15(11)19-10-16(22)21-20-9-12-6-7-13(17)8-14(12)18/h2-9,19H,10H2,1H3,(H,21,22). The van der Waals surface area contributed by atoms with Gasteiger partial charge in [-0.1, -0.05) is 47.5 Å². The van der Waals surface area contributed by atoms with E-state index in [4.69, 9.17) is 23.2 Å². The third kappa shape index (κ3) is 4.76. The molecule has 0 saturated carbocycles. The van der Waals surface area contributed by atoms with Gasteiger partial charge in [0.15, 0.2) is 0 Å². The Labute approximate surface area is 139 Å². The number of carbonyl (C=O) groups excluding carboxylic acids is 1. The third-order valence-electron chi connectivity index (χ3n) is 2.94. The molecular weight excluding hydrogens is 321 g/mol. The summed E-state index contributed by atoms with van der Waals surface area (Å²) in [6, 6.07) is 12.8. The van der Waals surface area contributed by atoms with E-state index in [1.54, 1.807) is 18.2 Å². The summed E-state index contributed by atoms with van der Waals surface area (Å²) in [5.41, 5.74) is 5.11. The minimum atomic E-state index is -0.246. The average Bonchev–Trinajstić information content (AvgIpc) is 2.49. The molecule has 0 unspecified atom stereocenters. The van der Waals surface area contributed by atoms with Crippen LogP contribution in [0.2, 0.25) is 10.0 Å². The van der Waals surface area contributed by atoms with Crippen molar-refractivity contribution in [3.63, 3.8) is 0 Å². The first-order valence-corrected chi connectivity index (χ1v) is 7.38. The molecule has 0 saturated heterocycles. The van der Waals surface area contributed by atoms with Gasteiger partial charge in [-0.2, -0.15) is 5.10 Å². The van der Waals surface area contributed by atoms with Gasteiger partial charge in [0.2, 0.25) is 0 Å². The zero-order chi connectivity index (χ0) is 15.9. The molecule has 114 valence electrons. The highest BCUT2D eigenvalue weighted by Crippen LogP contribution is 2.19. The Hall–Kier alpha value is -2.04. The number of halogens is 2. The van der Waals surface area contributed by atoms with Crippen molar-refractivity contribution in [2.24, 2.45) is 5.10 Å². The molecule has 0 bridgehead atoms. The molecule has 0 aliphatic rings. The second-order valence-corrected chi connectivity index (χ2v) is 5.47. The second kappa shape index (κ2) is 7.82. The molecule has 0 aromatic heterocycles. The van der Waals surface area contributed by atoms with Crippen LogP contribution in [0.5, 0.6) is 0 Å². The van der Waals surface area contributed by atoms with Gasteiger partial charge >= 0.3 is 0 Å². The lowest BCUT2D eigenvalue weighted by Crippen LogP contribution is -2.26. The van der Waals surface area contributed by atoms with Gasteiger partial charge in [-0.05, 0) is 30.7 Å². The number of anilines is 1. The van der Waals surface area contributed by atoms with Crippen molar-refractivity contribution in [1.29, 1.82) is 0 Å². The van der Waals surface area contributed by atoms with Gasteiger partial charge < -0.3 is 5.32 Å². The largest absolute Gasteiger partial charge is 0.376 e. The first-order chi connectivity index (χ1) is 10.6. The number of hydrogen-bond donors (Lipinski definition) is 2. The number of nitrogens with one attached hydrogen (secondary N) is 2. The van der Waals surface area contributed by atoms with Crippen molar-refractivity contribution < 1.29 is 4.79 Å². The summed E-state index contributed by atoms with van der Waals surface area (Å²) in [5, 5.41) is 7.95. The van der Waals surface area contributed by atoms with Gasteiger partial charge in [0.1, 0.15) is 0 Å². The van der Waals surface area contributed by atoms with Crippen molar-refractivity contribution in [3.05, 3.63) is 63.6 Å². The first-order valence-electron chi connectivity index (χ1n) is 6.63. The number of nitrogens with zero attached hydrogens (tertiary/aromatic N) is 1. The fourth-order valence-electron chi connectivity index (χ4n) is 1.77. The molecule has 6 heteroatoms. The van der Waals surface area contributed by atoms with Gasteiger partial charge in [-0.15, -0.1) is 0 Å². The third-order valence-corrected chi connectivity index (χ3v) is 3.50. The van der Waals surface area contributed by atoms with E-state index < -0.39 is 0 Å². The normalized spacial score (nSPS) is 10.7. The van der Waals surface area contributed by atoms with E-state index in [1.807, 2.05) is 31.2 Å². The molecule has 2 rings (SSSR count). The fraction of sp³-hybridized carbons (Fsp3) is 0.125. The molecule has 2 N–H and O–H groups in total. The molecule has 22 heavy (non-hydrogen) atoms. The number of benzene rings is 2. The molecule has 0 aliphatic heterocycles. The number of aryl methyl sites for hydroxylation is 1. The summed E-state index contributed by atoms with van der Waals surface area (Å²) in [4.78, 5) is 11.7. The zero-order valence-corrected chi connectivity index (χ0v) is 13.4. The second-order valence-electron chi connectivity index (χ2n) is 4.63. The quantitative estimate of drug-likeness (QED) is 0.643. The van der Waals surface area contributed by atoms with E-state index >= 15 is 0 Å². The van der Waals surface area contributed by atoms with Crippen molar-refractivity contribution in [3.8, 4) is 0 Å². The van der Waals surface area contributed by atoms with E-state index in [0.717, 1.165) is 11.3 Å². The molecule has 0 radical (unpaired) electrons. The zero-order valence-electron chi connectivity index (χ0n) is 11.9. The highest BCUT2D eigenvalue weighted by atomic mass is 35.5. The van der Waals surface area contributed by atoms with Crippen LogP contribution in [0.3, 0.4) is 0 Å². The van der Waals surface area contributed by atoms with E-state index in [0.29, 0.717) is 15.6 Å². The van der Waals surface area contributed by atoms with Crippen LogP contribution < -0.4 is 10.7 Å². The van der Waals surface area contributed by atoms with Crippen LogP contribution in [0.25, 0.3) is 0 Å². The van der Waals surface area contributed by atoms with Gasteiger partial charge in [-0.25, -0.2) is 5.43 Å². The monoisotopic (exact) mass is 335 g/mol. The lowest BCUT2D eigenvalue weighted by atomic mass is 10.2. The highest BCUT2D eigenvalue weighted by molar-refractivity contribution is 6.36. The Balaban J connectivity index is 1.85.